The number of anilines is 4. The van der Waals surface area contributed by atoms with Crippen molar-refractivity contribution in [2.75, 3.05) is 79.9 Å². The highest BCUT2D eigenvalue weighted by Crippen LogP contribution is 2.30. The number of piperazine rings is 1. The summed E-state index contributed by atoms with van der Waals surface area (Å²) in [6.07, 6.45) is 9.45. The molecule has 0 radical (unpaired) electrons. The number of carbonyl (C=O) groups excluding carboxylic acids is 4. The summed E-state index contributed by atoms with van der Waals surface area (Å²) in [6, 6.07) is 11.7. The Labute approximate surface area is 337 Å². The van der Waals surface area contributed by atoms with Crippen LogP contribution in [0.5, 0.6) is 0 Å². The topological polar surface area (TPSA) is 152 Å². The van der Waals surface area contributed by atoms with E-state index in [0.717, 1.165) is 84.2 Å². The maximum absolute atomic E-state index is 14.7. The van der Waals surface area contributed by atoms with E-state index in [0.29, 0.717) is 60.5 Å². The van der Waals surface area contributed by atoms with Gasteiger partial charge in [-0.1, -0.05) is 31.4 Å². The Morgan fingerprint density at radius 3 is 2.34 bits per heavy atom. The van der Waals surface area contributed by atoms with E-state index in [2.05, 4.69) is 37.9 Å². The fraction of sp³-hybridized carbons (Fsp3) is 0.524. The molecule has 1 saturated carbocycles. The summed E-state index contributed by atoms with van der Waals surface area (Å²) in [5, 5.41) is 8.61. The van der Waals surface area contributed by atoms with Crippen molar-refractivity contribution >= 4 is 46.8 Å². The molecule has 1 unspecified atom stereocenters. The zero-order valence-electron chi connectivity index (χ0n) is 33.1. The van der Waals surface area contributed by atoms with Gasteiger partial charge in [-0.25, -0.2) is 23.5 Å². The lowest BCUT2D eigenvalue weighted by Gasteiger charge is -2.35. The minimum atomic E-state index is -0.526. The highest BCUT2D eigenvalue weighted by Gasteiger charge is 2.30. The molecule has 4 amide bonds. The van der Waals surface area contributed by atoms with Crippen LogP contribution in [0, 0.1) is 17.6 Å². The molecule has 16 heteroatoms. The van der Waals surface area contributed by atoms with Gasteiger partial charge >= 0.3 is 6.09 Å². The van der Waals surface area contributed by atoms with Crippen molar-refractivity contribution in [2.24, 2.45) is 5.92 Å². The molecule has 4 saturated heterocycles. The number of halogens is 2. The number of rotatable bonds is 8. The molecule has 0 bridgehead atoms. The van der Waals surface area contributed by atoms with Crippen molar-refractivity contribution in [1.29, 1.82) is 0 Å². The molecule has 14 nitrogen and oxygen atoms in total. The largest absolute Gasteiger partial charge is 0.449 e. The first kappa shape index (κ1) is 40.8. The Bertz CT molecular complexity index is 1950. The molecule has 310 valence electrons. The van der Waals surface area contributed by atoms with E-state index in [-0.39, 0.29) is 35.3 Å². The van der Waals surface area contributed by atoms with E-state index in [1.165, 1.54) is 18.7 Å². The smallest absolute Gasteiger partial charge is 0.414 e. The molecule has 0 spiro atoms. The Hall–Kier alpha value is -5.38. The molecule has 1 atom stereocenters. The first-order chi connectivity index (χ1) is 28.1. The van der Waals surface area contributed by atoms with E-state index in [1.807, 2.05) is 9.80 Å². The van der Waals surface area contributed by atoms with E-state index in [4.69, 9.17) is 4.74 Å². The predicted octanol–water partition coefficient (Wildman–Crippen LogP) is 5.41. The lowest BCUT2D eigenvalue weighted by atomic mass is 9.87. The molecule has 3 aromatic rings. The predicted molar refractivity (Wildman–Crippen MR) is 216 cm³/mol. The summed E-state index contributed by atoms with van der Waals surface area (Å²) < 4.78 is 34.2. The standard InChI is InChI=1S/C26H32FN5O3.C16H21FN4O2/c27-22-17-28-25(29-20-10-13-31(14-11-20)24(33)18-6-2-1-3-7-18)30-23(22)19-8-4-9-21(16-19)32-12-5-15-35-26(32)34;1-20-6-8-21(9-7-20)14-4-2-11(10-12(14)17)18-13-3-5-15(22)19-16(13)23/h4,8-9,16-18,20H,1-3,5-7,10-15H2,(H,28,29,30);2,4,10,13,18H,3,5-9H2,1H3,(H,19,22,23). The van der Waals surface area contributed by atoms with E-state index in [1.54, 1.807) is 41.3 Å². The maximum atomic E-state index is 14.7. The molecule has 5 heterocycles. The second kappa shape index (κ2) is 18.9. The van der Waals surface area contributed by atoms with Crippen LogP contribution < -0.4 is 25.8 Å². The number of likely N-dealkylation sites (tertiary alicyclic amines) is 1. The second-order valence-electron chi connectivity index (χ2n) is 15.7. The zero-order chi connectivity index (χ0) is 40.6. The number of cyclic esters (lactones) is 1. The number of imide groups is 1. The van der Waals surface area contributed by atoms with Gasteiger partial charge in [0.1, 0.15) is 17.6 Å². The molecule has 2 aromatic carbocycles. The van der Waals surface area contributed by atoms with Gasteiger partial charge in [0, 0.05) is 81.1 Å². The van der Waals surface area contributed by atoms with Crippen molar-refractivity contribution < 1.29 is 32.7 Å². The molecule has 3 N–H and O–H groups in total. The Morgan fingerprint density at radius 1 is 0.845 bits per heavy atom. The fourth-order valence-electron chi connectivity index (χ4n) is 8.21. The summed E-state index contributed by atoms with van der Waals surface area (Å²) in [5.41, 5.74) is 2.54. The number of nitrogens with zero attached hydrogens (tertiary/aromatic N) is 6. The van der Waals surface area contributed by atoms with Crippen molar-refractivity contribution in [2.45, 2.75) is 76.3 Å². The first-order valence-corrected chi connectivity index (χ1v) is 20.6. The summed E-state index contributed by atoms with van der Waals surface area (Å²) >= 11 is 0. The summed E-state index contributed by atoms with van der Waals surface area (Å²) in [6.45, 7) is 5.83. The van der Waals surface area contributed by atoms with E-state index in [9.17, 15) is 28.0 Å². The zero-order valence-corrected chi connectivity index (χ0v) is 33.1. The number of hydrogen-bond acceptors (Lipinski definition) is 11. The average Bonchev–Trinajstić information content (AvgIpc) is 3.24. The van der Waals surface area contributed by atoms with Gasteiger partial charge in [0.25, 0.3) is 0 Å². The third kappa shape index (κ3) is 10.2. The lowest BCUT2D eigenvalue weighted by molar-refractivity contribution is -0.137. The summed E-state index contributed by atoms with van der Waals surface area (Å²) in [7, 11) is 2.06. The molecule has 1 aromatic heterocycles. The van der Waals surface area contributed by atoms with Gasteiger partial charge < -0.3 is 30.1 Å². The molecule has 1 aliphatic carbocycles. The van der Waals surface area contributed by atoms with Crippen LogP contribution in [0.4, 0.5) is 36.6 Å². The number of piperidine rings is 2. The van der Waals surface area contributed by atoms with Crippen LogP contribution in [-0.2, 0) is 19.1 Å². The minimum Gasteiger partial charge on any atom is -0.449 e. The van der Waals surface area contributed by atoms with Crippen molar-refractivity contribution in [1.82, 2.24) is 25.1 Å². The number of hydrogen-bond donors (Lipinski definition) is 3. The minimum absolute atomic E-state index is 0.123. The molecular weight excluding hydrogens is 749 g/mol. The van der Waals surface area contributed by atoms with Gasteiger partial charge in [-0.3, -0.25) is 24.6 Å². The number of likely N-dealkylation sites (N-methyl/N-ethyl adjacent to an activating group) is 1. The number of ether oxygens (including phenoxy) is 1. The van der Waals surface area contributed by atoms with Crippen LogP contribution in [0.15, 0.2) is 48.7 Å². The quantitative estimate of drug-likeness (QED) is 0.251. The van der Waals surface area contributed by atoms with Gasteiger partial charge in [-0.05, 0) is 75.9 Å². The van der Waals surface area contributed by atoms with Gasteiger partial charge in [0.15, 0.2) is 5.82 Å². The van der Waals surface area contributed by atoms with Crippen LogP contribution >= 0.6 is 0 Å². The molecule has 4 aliphatic heterocycles. The van der Waals surface area contributed by atoms with Crippen LogP contribution in [0.2, 0.25) is 0 Å². The molecule has 5 fully saturated rings. The highest BCUT2D eigenvalue weighted by atomic mass is 19.1. The third-order valence-corrected chi connectivity index (χ3v) is 11.6. The monoisotopic (exact) mass is 801 g/mol. The van der Waals surface area contributed by atoms with Crippen LogP contribution in [-0.4, -0.2) is 115 Å². The van der Waals surface area contributed by atoms with E-state index >= 15 is 0 Å². The highest BCUT2D eigenvalue weighted by molar-refractivity contribution is 6.01. The van der Waals surface area contributed by atoms with Gasteiger partial charge in [0.2, 0.25) is 23.7 Å². The number of amides is 4. The third-order valence-electron chi connectivity index (χ3n) is 11.6. The Balaban J connectivity index is 0.000000193. The number of carbonyl (C=O) groups is 4. The lowest BCUT2D eigenvalue weighted by Crippen LogP contribution is -2.47. The molecular formula is C42H53F2N9O5. The normalized spacial score (nSPS) is 21.1. The number of nitrogens with one attached hydrogen (secondary N) is 3. The fourth-order valence-corrected chi connectivity index (χ4v) is 8.21. The molecule has 8 rings (SSSR count). The second-order valence-corrected chi connectivity index (χ2v) is 15.7. The van der Waals surface area contributed by atoms with Gasteiger partial charge in [0.05, 0.1) is 18.5 Å². The SMILES string of the molecule is CN1CCN(c2ccc(NC3CCC(=O)NC3=O)cc2F)CC1.O=C(C1CCCCC1)N1CCC(Nc2ncc(F)c(-c3cccc(N4CCCOC4=O)c3)n2)CC1. The maximum Gasteiger partial charge on any atom is 0.414 e. The number of aromatic nitrogens is 2. The van der Waals surface area contributed by atoms with Gasteiger partial charge in [-0.2, -0.15) is 0 Å². The van der Waals surface area contributed by atoms with Crippen LogP contribution in [0.3, 0.4) is 0 Å². The Kier molecular flexibility index (Phi) is 13.3. The van der Waals surface area contributed by atoms with Crippen LogP contribution in [0.25, 0.3) is 11.3 Å². The van der Waals surface area contributed by atoms with Crippen LogP contribution in [0.1, 0.15) is 64.2 Å². The Morgan fingerprint density at radius 2 is 1.62 bits per heavy atom. The van der Waals surface area contributed by atoms with E-state index < -0.39 is 18.0 Å². The van der Waals surface area contributed by atoms with Gasteiger partial charge in [-0.15, -0.1) is 0 Å². The molecule has 58 heavy (non-hydrogen) atoms. The van der Waals surface area contributed by atoms with Crippen molar-refractivity contribution in [3.05, 3.63) is 60.3 Å². The van der Waals surface area contributed by atoms with Crippen molar-refractivity contribution in [3.63, 3.8) is 0 Å². The first-order valence-electron chi connectivity index (χ1n) is 20.6. The summed E-state index contributed by atoms with van der Waals surface area (Å²) in [5.74, 6) is -0.580. The van der Waals surface area contributed by atoms with Crippen molar-refractivity contribution in [3.8, 4) is 11.3 Å². The average molecular weight is 802 g/mol. The summed E-state index contributed by atoms with van der Waals surface area (Å²) in [4.78, 5) is 64.2. The molecule has 5 aliphatic rings. The number of benzene rings is 2.